The second kappa shape index (κ2) is 5.21. The molecule has 0 unspecified atom stereocenters. The number of anilines is 1. The highest BCUT2D eigenvalue weighted by atomic mass is 32.2. The molecule has 0 atom stereocenters. The fraction of sp³-hybridized carbons (Fsp3) is 0.188. The number of hydrogen-bond acceptors (Lipinski definition) is 4. The number of aryl methyl sites for hydroxylation is 2. The molecule has 2 aromatic carbocycles. The van der Waals surface area contributed by atoms with Crippen molar-refractivity contribution in [1.82, 2.24) is 4.98 Å². The Morgan fingerprint density at radius 1 is 1.10 bits per heavy atom. The summed E-state index contributed by atoms with van der Waals surface area (Å²) in [5.41, 5.74) is 11.9. The van der Waals surface area contributed by atoms with Gasteiger partial charge in [-0.2, -0.15) is 0 Å². The van der Waals surface area contributed by atoms with Gasteiger partial charge >= 0.3 is 0 Å². The summed E-state index contributed by atoms with van der Waals surface area (Å²) in [5, 5.41) is 0.684. The Labute approximate surface area is 122 Å². The van der Waals surface area contributed by atoms with Crippen LogP contribution in [0, 0.1) is 13.8 Å². The van der Waals surface area contributed by atoms with Crippen LogP contribution < -0.4 is 5.73 Å². The first-order valence-corrected chi connectivity index (χ1v) is 7.45. The molecule has 1 heterocycles. The van der Waals surface area contributed by atoms with E-state index >= 15 is 0 Å². The summed E-state index contributed by atoms with van der Waals surface area (Å²) in [7, 11) is 0. The van der Waals surface area contributed by atoms with E-state index in [9.17, 15) is 0 Å². The molecule has 0 amide bonds. The van der Waals surface area contributed by atoms with E-state index in [1.165, 1.54) is 16.7 Å². The summed E-state index contributed by atoms with van der Waals surface area (Å²) in [5.74, 6) is 0.851. The highest BCUT2D eigenvalue weighted by molar-refractivity contribution is 7.98. The normalized spacial score (nSPS) is 11.1. The third kappa shape index (κ3) is 2.65. The molecule has 0 aliphatic carbocycles. The summed E-state index contributed by atoms with van der Waals surface area (Å²) in [6, 6.07) is 12.0. The minimum atomic E-state index is 0.684. The summed E-state index contributed by atoms with van der Waals surface area (Å²) >= 11 is 1.60. The molecule has 0 aliphatic rings. The van der Waals surface area contributed by atoms with Crippen LogP contribution >= 0.6 is 11.8 Å². The first-order valence-electron chi connectivity index (χ1n) is 6.47. The molecule has 0 fully saturated rings. The van der Waals surface area contributed by atoms with Crippen molar-refractivity contribution in [2.75, 3.05) is 5.73 Å². The van der Waals surface area contributed by atoms with Crippen LogP contribution in [0.1, 0.15) is 16.7 Å². The molecule has 0 bridgehead atoms. The van der Waals surface area contributed by atoms with Crippen LogP contribution in [0.25, 0.3) is 11.1 Å². The van der Waals surface area contributed by atoms with E-state index in [0.717, 1.165) is 16.9 Å². The number of nitrogens with zero attached hydrogens (tertiary/aromatic N) is 1. The van der Waals surface area contributed by atoms with E-state index in [4.69, 9.17) is 10.2 Å². The topological polar surface area (TPSA) is 52.0 Å². The van der Waals surface area contributed by atoms with Gasteiger partial charge in [0.2, 0.25) is 0 Å². The maximum Gasteiger partial charge on any atom is 0.257 e. The molecule has 102 valence electrons. The average Bonchev–Trinajstić information content (AvgIpc) is 2.82. The molecule has 1 aromatic heterocycles. The second-order valence-corrected chi connectivity index (χ2v) is 5.84. The Bertz CT molecular complexity index is 764. The van der Waals surface area contributed by atoms with Crippen LogP contribution in [-0.4, -0.2) is 4.98 Å². The smallest absolute Gasteiger partial charge is 0.257 e. The lowest BCUT2D eigenvalue weighted by Crippen LogP contribution is -1.85. The Kier molecular flexibility index (Phi) is 3.40. The van der Waals surface area contributed by atoms with Gasteiger partial charge in [0.15, 0.2) is 5.58 Å². The Balaban J connectivity index is 1.77. The highest BCUT2D eigenvalue weighted by Crippen LogP contribution is 2.27. The van der Waals surface area contributed by atoms with Gasteiger partial charge in [-0.1, -0.05) is 30.0 Å². The second-order valence-electron chi connectivity index (χ2n) is 4.91. The summed E-state index contributed by atoms with van der Waals surface area (Å²) in [6.45, 7) is 4.25. The van der Waals surface area contributed by atoms with Gasteiger partial charge in [-0.3, -0.25) is 0 Å². The van der Waals surface area contributed by atoms with Crippen molar-refractivity contribution in [2.45, 2.75) is 24.8 Å². The predicted octanol–water partition coefficient (Wildman–Crippen LogP) is 4.32. The zero-order valence-corrected chi connectivity index (χ0v) is 12.3. The number of aromatic nitrogens is 1. The highest BCUT2D eigenvalue weighted by Gasteiger charge is 2.07. The molecule has 20 heavy (non-hydrogen) atoms. The van der Waals surface area contributed by atoms with Crippen molar-refractivity contribution in [3.05, 3.63) is 53.1 Å². The van der Waals surface area contributed by atoms with Crippen molar-refractivity contribution >= 4 is 28.5 Å². The van der Waals surface area contributed by atoms with E-state index in [-0.39, 0.29) is 0 Å². The standard InChI is InChI=1S/C16H16N2OS/c1-10-3-4-12(7-11(10)2)9-20-16-18-14-8-13(17)5-6-15(14)19-16/h3-8H,9,17H2,1-2H3. The van der Waals surface area contributed by atoms with E-state index < -0.39 is 0 Å². The Hall–Kier alpha value is -1.94. The minimum Gasteiger partial charge on any atom is -0.431 e. The molecule has 2 N–H and O–H groups in total. The molecule has 3 rings (SSSR count). The Morgan fingerprint density at radius 3 is 2.75 bits per heavy atom. The van der Waals surface area contributed by atoms with Gasteiger partial charge in [0.25, 0.3) is 5.22 Å². The first-order chi connectivity index (χ1) is 9.61. The van der Waals surface area contributed by atoms with Crippen molar-refractivity contribution in [3.63, 3.8) is 0 Å². The quantitative estimate of drug-likeness (QED) is 0.575. The van der Waals surface area contributed by atoms with Crippen molar-refractivity contribution in [3.8, 4) is 0 Å². The van der Waals surface area contributed by atoms with E-state index in [1.807, 2.05) is 18.2 Å². The van der Waals surface area contributed by atoms with Gasteiger partial charge in [0.05, 0.1) is 0 Å². The number of oxazole rings is 1. The molecule has 3 nitrogen and oxygen atoms in total. The van der Waals surface area contributed by atoms with Crippen molar-refractivity contribution < 1.29 is 4.42 Å². The van der Waals surface area contributed by atoms with Crippen LogP contribution in [-0.2, 0) is 5.75 Å². The molecular weight excluding hydrogens is 268 g/mol. The van der Waals surface area contributed by atoms with Crippen LogP contribution in [0.3, 0.4) is 0 Å². The monoisotopic (exact) mass is 284 g/mol. The number of fused-ring (bicyclic) bond motifs is 1. The zero-order valence-electron chi connectivity index (χ0n) is 11.5. The number of hydrogen-bond donors (Lipinski definition) is 1. The van der Waals surface area contributed by atoms with Crippen LogP contribution in [0.5, 0.6) is 0 Å². The molecule has 0 aliphatic heterocycles. The summed E-state index contributed by atoms with van der Waals surface area (Å²) < 4.78 is 5.70. The SMILES string of the molecule is Cc1ccc(CSc2nc3cc(N)ccc3o2)cc1C. The van der Waals surface area contributed by atoms with Crippen LogP contribution in [0.2, 0.25) is 0 Å². The molecular formula is C16H16N2OS. The predicted molar refractivity (Wildman–Crippen MR) is 83.9 cm³/mol. The molecule has 4 heteroatoms. The average molecular weight is 284 g/mol. The summed E-state index contributed by atoms with van der Waals surface area (Å²) in [4.78, 5) is 4.44. The summed E-state index contributed by atoms with van der Waals surface area (Å²) in [6.07, 6.45) is 0. The van der Waals surface area contributed by atoms with Crippen molar-refractivity contribution in [1.29, 1.82) is 0 Å². The molecule has 3 aromatic rings. The molecule has 0 saturated carbocycles. The van der Waals surface area contributed by atoms with E-state index in [0.29, 0.717) is 10.9 Å². The first kappa shape index (κ1) is 13.1. The number of thioether (sulfide) groups is 1. The maximum atomic E-state index is 5.74. The third-order valence-corrected chi connectivity index (χ3v) is 4.22. The Morgan fingerprint density at radius 2 is 1.95 bits per heavy atom. The van der Waals surface area contributed by atoms with Gasteiger partial charge < -0.3 is 10.2 Å². The third-order valence-electron chi connectivity index (χ3n) is 3.33. The van der Waals surface area contributed by atoms with Gasteiger partial charge in [0, 0.05) is 11.4 Å². The van der Waals surface area contributed by atoms with Gasteiger partial charge in [0.1, 0.15) is 5.52 Å². The lowest BCUT2D eigenvalue weighted by Gasteiger charge is -2.03. The fourth-order valence-electron chi connectivity index (χ4n) is 2.02. The van der Waals surface area contributed by atoms with E-state index in [1.54, 1.807) is 11.8 Å². The molecule has 0 radical (unpaired) electrons. The largest absolute Gasteiger partial charge is 0.431 e. The van der Waals surface area contributed by atoms with E-state index in [2.05, 4.69) is 37.0 Å². The fourth-order valence-corrected chi connectivity index (χ4v) is 2.80. The number of benzene rings is 2. The number of rotatable bonds is 3. The van der Waals surface area contributed by atoms with Gasteiger partial charge in [-0.25, -0.2) is 4.98 Å². The van der Waals surface area contributed by atoms with Crippen LogP contribution in [0.4, 0.5) is 5.69 Å². The molecule has 0 saturated heterocycles. The van der Waals surface area contributed by atoms with Gasteiger partial charge in [-0.05, 0) is 48.7 Å². The van der Waals surface area contributed by atoms with Crippen LogP contribution in [0.15, 0.2) is 46.0 Å². The zero-order chi connectivity index (χ0) is 14.1. The number of nitrogen functional groups attached to an aromatic ring is 1. The van der Waals surface area contributed by atoms with Gasteiger partial charge in [-0.15, -0.1) is 0 Å². The number of nitrogens with two attached hydrogens (primary N) is 1. The molecule has 0 spiro atoms. The lowest BCUT2D eigenvalue weighted by atomic mass is 10.1. The maximum absolute atomic E-state index is 5.74. The van der Waals surface area contributed by atoms with Crippen molar-refractivity contribution in [2.24, 2.45) is 0 Å². The lowest BCUT2D eigenvalue weighted by molar-refractivity contribution is 0.489. The minimum absolute atomic E-state index is 0.684.